The van der Waals surface area contributed by atoms with Crippen LogP contribution < -0.4 is 0 Å². The van der Waals surface area contributed by atoms with Crippen molar-refractivity contribution in [1.29, 1.82) is 0 Å². The molecule has 1 aromatic carbocycles. The van der Waals surface area contributed by atoms with Crippen LogP contribution in [-0.2, 0) is 0 Å². The first-order valence-corrected chi connectivity index (χ1v) is 7.78. The number of phenolic OH excluding ortho intramolecular Hbond substituents is 1. The van der Waals surface area contributed by atoms with E-state index in [1.807, 2.05) is 13.0 Å². The molecule has 0 aromatic heterocycles. The first-order valence-electron chi connectivity index (χ1n) is 7.78. The van der Waals surface area contributed by atoms with Crippen LogP contribution in [0.5, 0.6) is 5.75 Å². The summed E-state index contributed by atoms with van der Waals surface area (Å²) in [6.07, 6.45) is 1.17. The third kappa shape index (κ3) is 3.77. The molecule has 2 unspecified atom stereocenters. The zero-order valence-corrected chi connectivity index (χ0v) is 14.5. The minimum Gasteiger partial charge on any atom is -0.508 e. The van der Waals surface area contributed by atoms with E-state index in [-0.39, 0.29) is 10.8 Å². The standard InChI is InChI=1S/C19H32O/c1-9-15(18(3,4)5)17(19(6,7)8)14-10-11-16(20)13(2)12-14/h10-12,15,17,20H,9H2,1-8H3. The second-order valence-corrected chi connectivity index (χ2v) is 8.27. The van der Waals surface area contributed by atoms with E-state index in [0.717, 1.165) is 5.56 Å². The molecule has 0 spiro atoms. The fourth-order valence-electron chi connectivity index (χ4n) is 3.56. The van der Waals surface area contributed by atoms with Gasteiger partial charge in [-0.1, -0.05) is 67.0 Å². The molecular formula is C19H32O. The van der Waals surface area contributed by atoms with Crippen molar-refractivity contribution in [3.8, 4) is 5.75 Å². The van der Waals surface area contributed by atoms with Gasteiger partial charge in [-0.25, -0.2) is 0 Å². The smallest absolute Gasteiger partial charge is 0.118 e. The van der Waals surface area contributed by atoms with Crippen LogP contribution >= 0.6 is 0 Å². The van der Waals surface area contributed by atoms with Crippen molar-refractivity contribution in [1.82, 2.24) is 0 Å². The second-order valence-electron chi connectivity index (χ2n) is 8.27. The summed E-state index contributed by atoms with van der Waals surface area (Å²) < 4.78 is 0. The Kier molecular flexibility index (Phi) is 4.94. The Hall–Kier alpha value is -0.980. The Labute approximate surface area is 125 Å². The number of hydrogen-bond acceptors (Lipinski definition) is 1. The number of aryl methyl sites for hydroxylation is 1. The third-order valence-electron chi connectivity index (χ3n) is 4.47. The summed E-state index contributed by atoms with van der Waals surface area (Å²) >= 11 is 0. The number of hydrogen-bond donors (Lipinski definition) is 1. The van der Waals surface area contributed by atoms with Crippen molar-refractivity contribution >= 4 is 0 Å². The van der Waals surface area contributed by atoms with Crippen molar-refractivity contribution in [3.63, 3.8) is 0 Å². The van der Waals surface area contributed by atoms with Crippen LogP contribution in [0, 0.1) is 23.7 Å². The van der Waals surface area contributed by atoms with Gasteiger partial charge in [0.15, 0.2) is 0 Å². The number of phenols is 1. The quantitative estimate of drug-likeness (QED) is 0.728. The van der Waals surface area contributed by atoms with Crippen LogP contribution in [0.1, 0.15) is 71.9 Å². The molecular weight excluding hydrogens is 244 g/mol. The Balaban J connectivity index is 3.36. The van der Waals surface area contributed by atoms with E-state index < -0.39 is 0 Å². The van der Waals surface area contributed by atoms with Gasteiger partial charge in [-0.3, -0.25) is 0 Å². The highest BCUT2D eigenvalue weighted by molar-refractivity contribution is 5.37. The maximum atomic E-state index is 9.78. The summed E-state index contributed by atoms with van der Waals surface area (Å²) in [6.45, 7) is 18.3. The molecule has 1 N–H and O–H groups in total. The van der Waals surface area contributed by atoms with Gasteiger partial charge in [0.05, 0.1) is 0 Å². The lowest BCUT2D eigenvalue weighted by atomic mass is 9.61. The molecule has 1 rings (SSSR count). The Morgan fingerprint density at radius 3 is 1.90 bits per heavy atom. The molecule has 0 fully saturated rings. The van der Waals surface area contributed by atoms with E-state index in [0.29, 0.717) is 17.6 Å². The molecule has 0 aliphatic heterocycles. The monoisotopic (exact) mass is 276 g/mol. The summed E-state index contributed by atoms with van der Waals surface area (Å²) in [5.41, 5.74) is 2.81. The SMILES string of the molecule is CCC(C(c1ccc(O)c(C)c1)C(C)(C)C)C(C)(C)C. The van der Waals surface area contributed by atoms with Gasteiger partial charge >= 0.3 is 0 Å². The molecule has 0 aliphatic carbocycles. The van der Waals surface area contributed by atoms with Gasteiger partial charge < -0.3 is 5.11 Å². The fraction of sp³-hybridized carbons (Fsp3) is 0.684. The predicted molar refractivity (Wildman–Crippen MR) is 88.3 cm³/mol. The van der Waals surface area contributed by atoms with Crippen LogP contribution in [0.25, 0.3) is 0 Å². The van der Waals surface area contributed by atoms with Crippen LogP contribution in [0.15, 0.2) is 18.2 Å². The summed E-state index contributed by atoms with van der Waals surface area (Å²) in [4.78, 5) is 0. The van der Waals surface area contributed by atoms with Crippen LogP contribution in [-0.4, -0.2) is 5.11 Å². The van der Waals surface area contributed by atoms with Crippen molar-refractivity contribution in [2.24, 2.45) is 16.7 Å². The molecule has 2 atom stereocenters. The van der Waals surface area contributed by atoms with Crippen molar-refractivity contribution in [2.45, 2.75) is 67.7 Å². The highest BCUT2D eigenvalue weighted by atomic mass is 16.3. The van der Waals surface area contributed by atoms with Gasteiger partial charge in [-0.05, 0) is 46.8 Å². The summed E-state index contributed by atoms with van der Waals surface area (Å²) in [6, 6.07) is 6.12. The van der Waals surface area contributed by atoms with Crippen molar-refractivity contribution in [2.75, 3.05) is 0 Å². The lowest BCUT2D eigenvalue weighted by molar-refractivity contribution is 0.122. The lowest BCUT2D eigenvalue weighted by Crippen LogP contribution is -2.34. The normalized spacial score (nSPS) is 16.0. The molecule has 1 heteroatoms. The third-order valence-corrected chi connectivity index (χ3v) is 4.47. The van der Waals surface area contributed by atoms with E-state index in [2.05, 4.69) is 60.6 Å². The largest absolute Gasteiger partial charge is 0.508 e. The molecule has 0 bridgehead atoms. The van der Waals surface area contributed by atoms with E-state index in [1.54, 1.807) is 0 Å². The zero-order valence-electron chi connectivity index (χ0n) is 14.5. The predicted octanol–water partition coefficient (Wildman–Crippen LogP) is 5.90. The number of aromatic hydroxyl groups is 1. The lowest BCUT2D eigenvalue weighted by Gasteiger charge is -2.44. The van der Waals surface area contributed by atoms with Gasteiger partial charge in [0.2, 0.25) is 0 Å². The number of benzene rings is 1. The molecule has 0 saturated carbocycles. The summed E-state index contributed by atoms with van der Waals surface area (Å²) in [7, 11) is 0. The van der Waals surface area contributed by atoms with Crippen LogP contribution in [0.2, 0.25) is 0 Å². The first-order chi connectivity index (χ1) is 8.98. The Morgan fingerprint density at radius 2 is 1.55 bits per heavy atom. The molecule has 0 radical (unpaired) electrons. The molecule has 0 aliphatic rings. The molecule has 1 aromatic rings. The van der Waals surface area contributed by atoms with Gasteiger partial charge in [-0.2, -0.15) is 0 Å². The zero-order chi connectivity index (χ0) is 15.7. The minimum absolute atomic E-state index is 0.206. The van der Waals surface area contributed by atoms with Crippen LogP contribution in [0.4, 0.5) is 0 Å². The highest BCUT2D eigenvalue weighted by Gasteiger charge is 2.38. The summed E-state index contributed by atoms with van der Waals surface area (Å²) in [5.74, 6) is 1.50. The molecule has 0 amide bonds. The van der Waals surface area contributed by atoms with Gasteiger partial charge in [0, 0.05) is 0 Å². The molecule has 114 valence electrons. The highest BCUT2D eigenvalue weighted by Crippen LogP contribution is 2.49. The van der Waals surface area contributed by atoms with E-state index in [9.17, 15) is 5.11 Å². The molecule has 1 nitrogen and oxygen atoms in total. The first kappa shape index (κ1) is 17.1. The van der Waals surface area contributed by atoms with Crippen molar-refractivity contribution in [3.05, 3.63) is 29.3 Å². The van der Waals surface area contributed by atoms with Crippen molar-refractivity contribution < 1.29 is 5.11 Å². The van der Waals surface area contributed by atoms with E-state index >= 15 is 0 Å². The number of rotatable bonds is 3. The van der Waals surface area contributed by atoms with Gasteiger partial charge in [0.1, 0.15) is 5.75 Å². The van der Waals surface area contributed by atoms with Crippen LogP contribution in [0.3, 0.4) is 0 Å². The molecule has 0 heterocycles. The maximum absolute atomic E-state index is 9.78. The average molecular weight is 276 g/mol. The Morgan fingerprint density at radius 1 is 1.00 bits per heavy atom. The maximum Gasteiger partial charge on any atom is 0.118 e. The summed E-state index contributed by atoms with van der Waals surface area (Å²) in [5, 5.41) is 9.78. The molecule has 0 saturated heterocycles. The van der Waals surface area contributed by atoms with Gasteiger partial charge in [0.25, 0.3) is 0 Å². The Bertz CT molecular complexity index is 446. The average Bonchev–Trinajstić information content (AvgIpc) is 2.26. The van der Waals surface area contributed by atoms with Gasteiger partial charge in [-0.15, -0.1) is 0 Å². The molecule has 20 heavy (non-hydrogen) atoms. The fourth-order valence-corrected chi connectivity index (χ4v) is 3.56. The topological polar surface area (TPSA) is 20.2 Å². The van der Waals surface area contributed by atoms with E-state index in [4.69, 9.17) is 0 Å². The second kappa shape index (κ2) is 5.79. The van der Waals surface area contributed by atoms with E-state index in [1.165, 1.54) is 12.0 Å². The minimum atomic E-state index is 0.206.